The molecule has 0 spiro atoms. The lowest BCUT2D eigenvalue weighted by Gasteiger charge is -2.10. The zero-order chi connectivity index (χ0) is 17.6. The predicted molar refractivity (Wildman–Crippen MR) is 83.0 cm³/mol. The predicted octanol–water partition coefficient (Wildman–Crippen LogP) is 2.17. The van der Waals surface area contributed by atoms with Crippen LogP contribution in [0.4, 0.5) is 20.3 Å². The smallest absolute Gasteiger partial charge is 0.268 e. The highest BCUT2D eigenvalue weighted by Crippen LogP contribution is 2.23. The minimum Gasteiger partial charge on any atom is -0.340 e. The van der Waals surface area contributed by atoms with E-state index in [1.807, 2.05) is 0 Å². The molecular formula is C14H13F2N5O2S. The van der Waals surface area contributed by atoms with Crippen LogP contribution in [0, 0.1) is 25.5 Å². The maximum absolute atomic E-state index is 13.7. The summed E-state index contributed by atoms with van der Waals surface area (Å²) in [6.45, 7) is 3.01. The van der Waals surface area contributed by atoms with Gasteiger partial charge >= 0.3 is 0 Å². The zero-order valence-corrected chi connectivity index (χ0v) is 13.8. The summed E-state index contributed by atoms with van der Waals surface area (Å²) in [5.74, 6) is -1.06. The van der Waals surface area contributed by atoms with Gasteiger partial charge in [0.15, 0.2) is 0 Å². The number of sulfone groups is 1. The Morgan fingerprint density at radius 2 is 1.71 bits per heavy atom. The maximum atomic E-state index is 13.7. The average Bonchev–Trinajstić information content (AvgIpc) is 2.88. The van der Waals surface area contributed by atoms with Crippen LogP contribution >= 0.6 is 0 Å². The van der Waals surface area contributed by atoms with E-state index in [2.05, 4.69) is 20.4 Å². The summed E-state index contributed by atoms with van der Waals surface area (Å²) in [6, 6.07) is 3.83. The summed E-state index contributed by atoms with van der Waals surface area (Å²) in [5, 5.41) is 6.31. The molecule has 0 amide bonds. The van der Waals surface area contributed by atoms with Crippen LogP contribution in [0.3, 0.4) is 0 Å². The second kappa shape index (κ2) is 5.48. The molecule has 0 saturated heterocycles. The molecule has 1 N–H and O–H groups in total. The van der Waals surface area contributed by atoms with Crippen LogP contribution in [0.2, 0.25) is 0 Å². The molecule has 0 unspecified atom stereocenters. The van der Waals surface area contributed by atoms with Crippen LogP contribution in [0.5, 0.6) is 0 Å². The summed E-state index contributed by atoms with van der Waals surface area (Å²) >= 11 is 0. The summed E-state index contributed by atoms with van der Waals surface area (Å²) in [5.41, 5.74) is 0.598. The normalized spacial score (nSPS) is 11.9. The van der Waals surface area contributed by atoms with Crippen molar-refractivity contribution in [3.05, 3.63) is 41.1 Å². The molecule has 0 atom stereocenters. The molecule has 0 saturated carbocycles. The van der Waals surface area contributed by atoms with E-state index >= 15 is 0 Å². The first-order chi connectivity index (χ1) is 11.1. The third-order valence-electron chi connectivity index (χ3n) is 3.31. The Morgan fingerprint density at radius 3 is 2.29 bits per heavy atom. The Hall–Kier alpha value is -2.62. The molecule has 0 bridgehead atoms. The number of nitrogens with one attached hydrogen (secondary N) is 1. The molecule has 1 aromatic carbocycles. The number of aromatic nitrogens is 4. The highest BCUT2D eigenvalue weighted by atomic mass is 32.2. The summed E-state index contributed by atoms with van der Waals surface area (Å²) < 4.78 is 51.7. The van der Waals surface area contributed by atoms with E-state index in [1.54, 1.807) is 13.0 Å². The van der Waals surface area contributed by atoms with Crippen LogP contribution in [0.25, 0.3) is 5.78 Å². The molecule has 10 heteroatoms. The molecule has 126 valence electrons. The SMILES string of the molecule is Cc1cc(Nc2cc(F)c(C)c(F)c2)n2nc(S(C)(=O)=O)nc2n1. The van der Waals surface area contributed by atoms with E-state index in [0.29, 0.717) is 5.69 Å². The number of hydrogen-bond acceptors (Lipinski definition) is 6. The van der Waals surface area contributed by atoms with Crippen molar-refractivity contribution in [1.29, 1.82) is 0 Å². The highest BCUT2D eigenvalue weighted by Gasteiger charge is 2.18. The standard InChI is InChI=1S/C14H13F2N5O2S/c1-7-4-12(18-9-5-10(15)8(2)11(16)6-9)21-13(17-7)19-14(20-21)24(3,22)23/h4-6,18H,1-3H3. The fourth-order valence-corrected chi connectivity index (χ4v) is 2.56. The van der Waals surface area contributed by atoms with Gasteiger partial charge in [-0.05, 0) is 26.0 Å². The lowest BCUT2D eigenvalue weighted by Crippen LogP contribution is -2.04. The number of halogens is 2. The van der Waals surface area contributed by atoms with Gasteiger partial charge in [0.1, 0.15) is 17.5 Å². The van der Waals surface area contributed by atoms with E-state index in [4.69, 9.17) is 0 Å². The molecule has 0 aliphatic rings. The van der Waals surface area contributed by atoms with Crippen molar-refractivity contribution in [3.63, 3.8) is 0 Å². The Morgan fingerprint density at radius 1 is 1.08 bits per heavy atom. The maximum Gasteiger partial charge on any atom is 0.268 e. The molecule has 7 nitrogen and oxygen atoms in total. The van der Waals surface area contributed by atoms with Crippen LogP contribution < -0.4 is 5.32 Å². The van der Waals surface area contributed by atoms with Gasteiger partial charge < -0.3 is 5.32 Å². The summed E-state index contributed by atoms with van der Waals surface area (Å²) in [7, 11) is -3.62. The highest BCUT2D eigenvalue weighted by molar-refractivity contribution is 7.90. The first-order valence-electron chi connectivity index (χ1n) is 6.82. The summed E-state index contributed by atoms with van der Waals surface area (Å²) in [6.07, 6.45) is 0.979. The number of hydrogen-bond donors (Lipinski definition) is 1. The van der Waals surface area contributed by atoms with Gasteiger partial charge in [-0.25, -0.2) is 22.2 Å². The molecule has 3 rings (SSSR count). The molecule has 2 heterocycles. The fourth-order valence-electron chi connectivity index (χ4n) is 2.08. The third-order valence-corrected chi connectivity index (χ3v) is 4.14. The molecule has 0 fully saturated rings. The Balaban J connectivity index is 2.14. The Kier molecular flexibility index (Phi) is 3.71. The van der Waals surface area contributed by atoms with Gasteiger partial charge in [-0.1, -0.05) is 0 Å². The van der Waals surface area contributed by atoms with Crippen LogP contribution in [-0.4, -0.2) is 34.3 Å². The van der Waals surface area contributed by atoms with Crippen molar-refractivity contribution in [2.45, 2.75) is 19.0 Å². The topological polar surface area (TPSA) is 89.2 Å². The van der Waals surface area contributed by atoms with E-state index in [0.717, 1.165) is 18.4 Å². The molecule has 0 radical (unpaired) electrons. The average molecular weight is 353 g/mol. The molecule has 24 heavy (non-hydrogen) atoms. The quantitative estimate of drug-likeness (QED) is 0.776. The van der Waals surface area contributed by atoms with Gasteiger partial charge in [0, 0.05) is 29.3 Å². The van der Waals surface area contributed by atoms with Gasteiger partial charge in [-0.3, -0.25) is 0 Å². The van der Waals surface area contributed by atoms with Gasteiger partial charge in [0.05, 0.1) is 0 Å². The lowest BCUT2D eigenvalue weighted by molar-refractivity contribution is 0.569. The van der Waals surface area contributed by atoms with Crippen LogP contribution in [0.1, 0.15) is 11.3 Å². The van der Waals surface area contributed by atoms with Gasteiger partial charge in [0.2, 0.25) is 9.84 Å². The van der Waals surface area contributed by atoms with E-state index in [-0.39, 0.29) is 28.0 Å². The van der Waals surface area contributed by atoms with Gasteiger partial charge in [-0.2, -0.15) is 9.50 Å². The zero-order valence-electron chi connectivity index (χ0n) is 13.0. The summed E-state index contributed by atoms with van der Waals surface area (Å²) in [4.78, 5) is 7.96. The van der Waals surface area contributed by atoms with Gasteiger partial charge in [0.25, 0.3) is 10.9 Å². The van der Waals surface area contributed by atoms with E-state index < -0.39 is 21.5 Å². The van der Waals surface area contributed by atoms with Crippen molar-refractivity contribution in [2.24, 2.45) is 0 Å². The molecule has 2 aromatic heterocycles. The lowest BCUT2D eigenvalue weighted by atomic mass is 10.2. The number of nitrogens with zero attached hydrogens (tertiary/aromatic N) is 4. The van der Waals surface area contributed by atoms with Crippen molar-refractivity contribution < 1.29 is 17.2 Å². The number of benzene rings is 1. The van der Waals surface area contributed by atoms with E-state index in [9.17, 15) is 17.2 Å². The molecule has 0 aliphatic heterocycles. The first kappa shape index (κ1) is 16.2. The molecule has 3 aromatic rings. The fraction of sp³-hybridized carbons (Fsp3) is 0.214. The Bertz CT molecular complexity index is 1040. The molecular weight excluding hydrogens is 340 g/mol. The number of aryl methyl sites for hydroxylation is 1. The van der Waals surface area contributed by atoms with Crippen LogP contribution in [-0.2, 0) is 9.84 Å². The van der Waals surface area contributed by atoms with Gasteiger partial charge in [-0.15, -0.1) is 5.10 Å². The molecule has 0 aliphatic carbocycles. The number of anilines is 2. The van der Waals surface area contributed by atoms with Crippen LogP contribution in [0.15, 0.2) is 23.4 Å². The monoisotopic (exact) mass is 353 g/mol. The first-order valence-corrected chi connectivity index (χ1v) is 8.71. The third kappa shape index (κ3) is 2.92. The van der Waals surface area contributed by atoms with E-state index in [1.165, 1.54) is 11.4 Å². The minimum absolute atomic E-state index is 0.0611. The largest absolute Gasteiger partial charge is 0.340 e. The number of fused-ring (bicyclic) bond motifs is 1. The minimum atomic E-state index is -3.62. The van der Waals surface area contributed by atoms with Crippen molar-refractivity contribution >= 4 is 27.1 Å². The van der Waals surface area contributed by atoms with Crippen molar-refractivity contribution in [2.75, 3.05) is 11.6 Å². The number of rotatable bonds is 3. The second-order valence-corrected chi connectivity index (χ2v) is 7.26. The second-order valence-electron chi connectivity index (χ2n) is 5.35. The Labute approximate surface area is 136 Å². The van der Waals surface area contributed by atoms with Crippen molar-refractivity contribution in [3.8, 4) is 0 Å². The van der Waals surface area contributed by atoms with Crippen molar-refractivity contribution in [1.82, 2.24) is 19.6 Å².